The molecule has 6 heteroatoms. The van der Waals surface area contributed by atoms with Gasteiger partial charge in [0, 0.05) is 22.8 Å². The third-order valence-electron chi connectivity index (χ3n) is 3.57. The number of carbonyl (C=O) groups excluding carboxylic acids is 1. The fraction of sp³-hybridized carbons (Fsp3) is 0.118. The van der Waals surface area contributed by atoms with E-state index in [0.29, 0.717) is 17.1 Å². The van der Waals surface area contributed by atoms with Gasteiger partial charge in [-0.15, -0.1) is 0 Å². The number of anilines is 1. The molecule has 1 aliphatic rings. The summed E-state index contributed by atoms with van der Waals surface area (Å²) in [7, 11) is 3.01. The van der Waals surface area contributed by atoms with Crippen LogP contribution >= 0.6 is 0 Å². The highest BCUT2D eigenvalue weighted by atomic mass is 19.1. The Kier molecular flexibility index (Phi) is 3.73. The van der Waals surface area contributed by atoms with Crippen LogP contribution in [0.4, 0.5) is 14.5 Å². The minimum absolute atomic E-state index is 0.0236. The fourth-order valence-corrected chi connectivity index (χ4v) is 2.47. The van der Waals surface area contributed by atoms with Crippen LogP contribution in [0, 0.1) is 11.6 Å². The first-order chi connectivity index (χ1) is 11.0. The molecular formula is C17H13F2NO3. The normalized spacial score (nSPS) is 14.6. The maximum Gasteiger partial charge on any atom is 0.256 e. The third kappa shape index (κ3) is 2.63. The number of hydrogen-bond acceptors (Lipinski definition) is 3. The van der Waals surface area contributed by atoms with E-state index in [9.17, 15) is 13.6 Å². The molecule has 0 saturated heterocycles. The van der Waals surface area contributed by atoms with Crippen molar-refractivity contribution in [3.63, 3.8) is 0 Å². The summed E-state index contributed by atoms with van der Waals surface area (Å²) in [6.07, 6.45) is 1.52. The Balaban J connectivity index is 2.17. The third-order valence-corrected chi connectivity index (χ3v) is 3.57. The number of carbonyl (C=O) groups is 1. The number of methoxy groups -OCH3 is 2. The molecule has 118 valence electrons. The topological polar surface area (TPSA) is 47.6 Å². The first-order valence-electron chi connectivity index (χ1n) is 6.78. The largest absolute Gasteiger partial charge is 0.497 e. The summed E-state index contributed by atoms with van der Waals surface area (Å²) in [5.74, 6) is -0.983. The average molecular weight is 317 g/mol. The molecule has 1 N–H and O–H groups in total. The number of nitrogens with one attached hydrogen (secondary N) is 1. The monoisotopic (exact) mass is 317 g/mol. The Hall–Kier alpha value is -2.89. The van der Waals surface area contributed by atoms with Crippen molar-refractivity contribution < 1.29 is 23.0 Å². The SMILES string of the molecule is COc1ccc(OC)c(/C=C2/C(=O)Nc3c(F)cc(F)cc32)c1. The Morgan fingerprint density at radius 2 is 1.87 bits per heavy atom. The van der Waals surface area contributed by atoms with Crippen molar-refractivity contribution in [2.75, 3.05) is 19.5 Å². The quantitative estimate of drug-likeness (QED) is 0.882. The predicted molar refractivity (Wildman–Crippen MR) is 82.4 cm³/mol. The van der Waals surface area contributed by atoms with E-state index in [4.69, 9.17) is 9.47 Å². The van der Waals surface area contributed by atoms with Gasteiger partial charge in [-0.2, -0.15) is 0 Å². The summed E-state index contributed by atoms with van der Waals surface area (Å²) < 4.78 is 37.6. The zero-order valence-electron chi connectivity index (χ0n) is 12.4. The first kappa shape index (κ1) is 15.0. The van der Waals surface area contributed by atoms with E-state index in [1.54, 1.807) is 18.2 Å². The Bertz CT molecular complexity index is 831. The number of rotatable bonds is 3. The van der Waals surface area contributed by atoms with Gasteiger partial charge in [0.05, 0.1) is 19.9 Å². The Labute approximate surface area is 131 Å². The van der Waals surface area contributed by atoms with Gasteiger partial charge in [-0.1, -0.05) is 0 Å². The number of fused-ring (bicyclic) bond motifs is 1. The van der Waals surface area contributed by atoms with Crippen LogP contribution in [0.15, 0.2) is 30.3 Å². The van der Waals surface area contributed by atoms with Crippen molar-refractivity contribution in [1.82, 2.24) is 0 Å². The first-order valence-corrected chi connectivity index (χ1v) is 6.78. The highest BCUT2D eigenvalue weighted by Crippen LogP contribution is 2.37. The number of hydrogen-bond donors (Lipinski definition) is 1. The van der Waals surface area contributed by atoms with E-state index in [1.165, 1.54) is 20.3 Å². The summed E-state index contributed by atoms with van der Waals surface area (Å²) in [6.45, 7) is 0. The Morgan fingerprint density at radius 3 is 2.57 bits per heavy atom. The lowest BCUT2D eigenvalue weighted by atomic mass is 10.0. The van der Waals surface area contributed by atoms with Crippen molar-refractivity contribution in [2.24, 2.45) is 0 Å². The lowest BCUT2D eigenvalue weighted by Gasteiger charge is -2.08. The van der Waals surface area contributed by atoms with E-state index in [1.807, 2.05) is 0 Å². The molecule has 0 unspecified atom stereocenters. The lowest BCUT2D eigenvalue weighted by Crippen LogP contribution is -2.04. The van der Waals surface area contributed by atoms with Gasteiger partial charge in [-0.3, -0.25) is 4.79 Å². The van der Waals surface area contributed by atoms with Crippen molar-refractivity contribution in [1.29, 1.82) is 0 Å². The molecule has 0 aliphatic carbocycles. The molecule has 1 heterocycles. The fourth-order valence-electron chi connectivity index (χ4n) is 2.47. The van der Waals surface area contributed by atoms with E-state index >= 15 is 0 Å². The average Bonchev–Trinajstić information content (AvgIpc) is 2.84. The molecule has 0 spiro atoms. The van der Waals surface area contributed by atoms with Crippen molar-refractivity contribution in [3.8, 4) is 11.5 Å². The van der Waals surface area contributed by atoms with Gasteiger partial charge >= 0.3 is 0 Å². The van der Waals surface area contributed by atoms with Gasteiger partial charge in [0.2, 0.25) is 0 Å². The van der Waals surface area contributed by atoms with Gasteiger partial charge < -0.3 is 14.8 Å². The Morgan fingerprint density at radius 1 is 1.09 bits per heavy atom. The second-order valence-corrected chi connectivity index (χ2v) is 4.93. The van der Waals surface area contributed by atoms with Crippen LogP contribution in [0.1, 0.15) is 11.1 Å². The molecular weight excluding hydrogens is 304 g/mol. The molecule has 0 atom stereocenters. The molecule has 1 amide bonds. The lowest BCUT2D eigenvalue weighted by molar-refractivity contribution is -0.110. The molecule has 23 heavy (non-hydrogen) atoms. The smallest absolute Gasteiger partial charge is 0.256 e. The highest BCUT2D eigenvalue weighted by Gasteiger charge is 2.28. The van der Waals surface area contributed by atoms with E-state index in [2.05, 4.69) is 5.32 Å². The van der Waals surface area contributed by atoms with Gasteiger partial charge in [0.15, 0.2) is 0 Å². The number of ether oxygens (including phenoxy) is 2. The highest BCUT2D eigenvalue weighted by molar-refractivity contribution is 6.35. The van der Waals surface area contributed by atoms with Gasteiger partial charge in [-0.25, -0.2) is 8.78 Å². The molecule has 0 saturated carbocycles. The molecule has 0 fully saturated rings. The van der Waals surface area contributed by atoms with E-state index in [0.717, 1.165) is 12.1 Å². The molecule has 0 aromatic heterocycles. The maximum atomic E-state index is 13.8. The van der Waals surface area contributed by atoms with Crippen molar-refractivity contribution in [2.45, 2.75) is 0 Å². The van der Waals surface area contributed by atoms with Crippen LogP contribution in [-0.4, -0.2) is 20.1 Å². The summed E-state index contributed by atoms with van der Waals surface area (Å²) in [4.78, 5) is 12.1. The standard InChI is InChI=1S/C17H13F2NO3/c1-22-11-3-4-15(23-2)9(5-11)6-13-12-7-10(18)8-14(19)16(12)20-17(13)21/h3-8H,1-2H3,(H,20,21)/b13-6+. The van der Waals surface area contributed by atoms with Crippen molar-refractivity contribution >= 4 is 23.2 Å². The molecule has 1 aliphatic heterocycles. The molecule has 0 bridgehead atoms. The van der Waals surface area contributed by atoms with Crippen LogP contribution in [0.25, 0.3) is 11.6 Å². The number of halogens is 2. The molecule has 2 aromatic carbocycles. The van der Waals surface area contributed by atoms with Crippen LogP contribution in [0.2, 0.25) is 0 Å². The summed E-state index contributed by atoms with van der Waals surface area (Å²) in [5, 5.41) is 2.41. The summed E-state index contributed by atoms with van der Waals surface area (Å²) >= 11 is 0. The van der Waals surface area contributed by atoms with Crippen molar-refractivity contribution in [3.05, 3.63) is 53.1 Å². The second kappa shape index (κ2) is 5.72. The van der Waals surface area contributed by atoms with Crippen LogP contribution in [-0.2, 0) is 4.79 Å². The molecule has 2 aromatic rings. The van der Waals surface area contributed by atoms with Gasteiger partial charge in [0.25, 0.3) is 5.91 Å². The van der Waals surface area contributed by atoms with E-state index < -0.39 is 17.5 Å². The zero-order valence-corrected chi connectivity index (χ0v) is 12.4. The van der Waals surface area contributed by atoms with Gasteiger partial charge in [-0.05, 0) is 30.3 Å². The van der Waals surface area contributed by atoms with Crippen LogP contribution in [0.5, 0.6) is 11.5 Å². The molecule has 3 rings (SSSR count). The molecule has 0 radical (unpaired) electrons. The minimum Gasteiger partial charge on any atom is -0.497 e. The van der Waals surface area contributed by atoms with Crippen LogP contribution in [0.3, 0.4) is 0 Å². The second-order valence-electron chi connectivity index (χ2n) is 4.93. The van der Waals surface area contributed by atoms with E-state index in [-0.39, 0.29) is 16.8 Å². The van der Waals surface area contributed by atoms with Gasteiger partial charge in [0.1, 0.15) is 23.1 Å². The van der Waals surface area contributed by atoms with Crippen LogP contribution < -0.4 is 14.8 Å². The maximum absolute atomic E-state index is 13.8. The molecule has 4 nitrogen and oxygen atoms in total. The minimum atomic E-state index is -0.811. The zero-order chi connectivity index (χ0) is 16.6. The number of amides is 1. The summed E-state index contributed by atoms with van der Waals surface area (Å²) in [5.41, 5.74) is 0.876. The predicted octanol–water partition coefficient (Wildman–Crippen LogP) is 3.47. The summed E-state index contributed by atoms with van der Waals surface area (Å²) in [6, 6.07) is 6.92. The number of benzene rings is 2.